The van der Waals surface area contributed by atoms with Crippen LogP contribution in [0.15, 0.2) is 58.1 Å². The summed E-state index contributed by atoms with van der Waals surface area (Å²) in [7, 11) is 0. The Balaban J connectivity index is 1.77. The van der Waals surface area contributed by atoms with Crippen molar-refractivity contribution in [2.75, 3.05) is 30.4 Å². The molecule has 11 heteroatoms. The third-order valence-corrected chi connectivity index (χ3v) is 5.59. The van der Waals surface area contributed by atoms with Crippen molar-refractivity contribution < 1.29 is 19.1 Å². The van der Waals surface area contributed by atoms with E-state index in [0.29, 0.717) is 10.8 Å². The number of nitrogens with zero attached hydrogens (tertiary/aromatic N) is 2. The van der Waals surface area contributed by atoms with Gasteiger partial charge in [-0.3, -0.25) is 19.1 Å². The van der Waals surface area contributed by atoms with Gasteiger partial charge in [-0.05, 0) is 42.2 Å². The lowest BCUT2D eigenvalue weighted by atomic mass is 10.2. The lowest BCUT2D eigenvalue weighted by Gasteiger charge is -2.26. The first-order chi connectivity index (χ1) is 17.6. The largest absolute Gasteiger partial charge is 0.482 e. The number of anilines is 2. The quantitative estimate of drug-likeness (QED) is 0.386. The molecule has 0 unspecified atom stereocenters. The molecule has 37 heavy (non-hydrogen) atoms. The molecule has 196 valence electrons. The molecule has 0 aliphatic rings. The maximum atomic E-state index is 13.1. The highest BCUT2D eigenvalue weighted by molar-refractivity contribution is 6.30. The Labute approximate surface area is 218 Å². The van der Waals surface area contributed by atoms with Gasteiger partial charge in [-0.1, -0.05) is 55.8 Å². The van der Waals surface area contributed by atoms with Gasteiger partial charge < -0.3 is 20.1 Å². The Morgan fingerprint density at radius 2 is 1.81 bits per heavy atom. The van der Waals surface area contributed by atoms with Gasteiger partial charge in [-0.2, -0.15) is 0 Å². The minimum Gasteiger partial charge on any atom is -0.482 e. The van der Waals surface area contributed by atoms with Crippen LogP contribution in [0, 0.1) is 12.8 Å². The summed E-state index contributed by atoms with van der Waals surface area (Å²) in [6.07, 6.45) is 0. The number of nitrogens with two attached hydrogens (primary N) is 1. The molecule has 1 heterocycles. The molecule has 1 aromatic heterocycles. The van der Waals surface area contributed by atoms with Crippen LogP contribution in [0.25, 0.3) is 0 Å². The van der Waals surface area contributed by atoms with Crippen molar-refractivity contribution in [1.29, 1.82) is 0 Å². The Morgan fingerprint density at radius 3 is 2.46 bits per heavy atom. The number of rotatable bonds is 10. The molecular weight excluding hydrogens is 500 g/mol. The summed E-state index contributed by atoms with van der Waals surface area (Å²) >= 11 is 5.92. The highest BCUT2D eigenvalue weighted by atomic mass is 35.5. The summed E-state index contributed by atoms with van der Waals surface area (Å²) in [5.41, 5.74) is 6.07. The second-order valence-electron chi connectivity index (χ2n) is 8.82. The highest BCUT2D eigenvalue weighted by Gasteiger charge is 2.26. The van der Waals surface area contributed by atoms with Crippen molar-refractivity contribution in [1.82, 2.24) is 9.55 Å². The highest BCUT2D eigenvalue weighted by Crippen LogP contribution is 2.22. The summed E-state index contributed by atoms with van der Waals surface area (Å²) in [5, 5.41) is 0.535. The fourth-order valence-corrected chi connectivity index (χ4v) is 3.84. The lowest BCUT2D eigenvalue weighted by molar-refractivity contribution is -0.149. The Kier molecular flexibility index (Phi) is 9.13. The number of nitrogens with one attached hydrogen (secondary N) is 1. The number of hydrogen-bond donors (Lipinski definition) is 2. The minimum atomic E-state index is -0.811. The Morgan fingerprint density at radius 1 is 1.11 bits per heavy atom. The van der Waals surface area contributed by atoms with Crippen LogP contribution in [-0.4, -0.2) is 41.2 Å². The molecule has 0 aliphatic carbocycles. The third kappa shape index (κ3) is 7.23. The van der Waals surface area contributed by atoms with E-state index in [1.165, 1.54) is 4.57 Å². The zero-order valence-electron chi connectivity index (χ0n) is 20.8. The van der Waals surface area contributed by atoms with E-state index in [1.807, 2.05) is 32.0 Å². The number of carbonyl (C=O) groups is 2. The zero-order chi connectivity index (χ0) is 27.1. The summed E-state index contributed by atoms with van der Waals surface area (Å²) in [4.78, 5) is 54.0. The number of ether oxygens (including phenoxy) is 2. The second-order valence-corrected chi connectivity index (χ2v) is 9.26. The van der Waals surface area contributed by atoms with E-state index in [0.717, 1.165) is 16.0 Å². The molecule has 2 aromatic carbocycles. The van der Waals surface area contributed by atoms with Gasteiger partial charge in [-0.15, -0.1) is 0 Å². The summed E-state index contributed by atoms with van der Waals surface area (Å²) in [6, 6.07) is 14.0. The SMILES string of the molecule is Cc1cc(Cl)ccc1OCC(=O)OCC(=O)N(CC(C)C)c1c(N)n(Cc2ccccc2)c(=O)[nH]c1=O. The van der Waals surface area contributed by atoms with Gasteiger partial charge >= 0.3 is 11.7 Å². The van der Waals surface area contributed by atoms with E-state index in [9.17, 15) is 19.2 Å². The predicted octanol–water partition coefficient (Wildman–Crippen LogP) is 2.74. The number of carbonyl (C=O) groups excluding carboxylic acids is 2. The van der Waals surface area contributed by atoms with Crippen LogP contribution in [0.4, 0.5) is 11.5 Å². The molecule has 10 nitrogen and oxygen atoms in total. The van der Waals surface area contributed by atoms with Crippen LogP contribution in [0.3, 0.4) is 0 Å². The number of aromatic amines is 1. The maximum Gasteiger partial charge on any atom is 0.344 e. The van der Waals surface area contributed by atoms with Gasteiger partial charge in [0.05, 0.1) is 6.54 Å². The van der Waals surface area contributed by atoms with Crippen LogP contribution < -0.4 is 26.6 Å². The predicted molar refractivity (Wildman–Crippen MR) is 141 cm³/mol. The van der Waals surface area contributed by atoms with Gasteiger partial charge in [-0.25, -0.2) is 9.59 Å². The molecule has 0 bridgehead atoms. The average molecular weight is 529 g/mol. The maximum absolute atomic E-state index is 13.1. The van der Waals surface area contributed by atoms with Gasteiger partial charge in [0.25, 0.3) is 11.5 Å². The van der Waals surface area contributed by atoms with Crippen LogP contribution in [0.5, 0.6) is 5.75 Å². The molecule has 3 aromatic rings. The van der Waals surface area contributed by atoms with Crippen molar-refractivity contribution in [3.8, 4) is 5.75 Å². The van der Waals surface area contributed by atoms with Gasteiger partial charge in [0.1, 0.15) is 11.6 Å². The number of aryl methyl sites for hydroxylation is 1. The molecule has 0 aliphatic heterocycles. The lowest BCUT2D eigenvalue weighted by Crippen LogP contribution is -2.44. The molecule has 0 fully saturated rings. The number of esters is 1. The van der Waals surface area contributed by atoms with Crippen molar-refractivity contribution >= 4 is 35.0 Å². The molecule has 0 spiro atoms. The van der Waals surface area contributed by atoms with E-state index in [4.69, 9.17) is 26.8 Å². The molecular formula is C26H29ClN4O6. The summed E-state index contributed by atoms with van der Waals surface area (Å²) < 4.78 is 11.7. The molecule has 0 saturated carbocycles. The first-order valence-corrected chi connectivity index (χ1v) is 12.0. The van der Waals surface area contributed by atoms with Gasteiger partial charge in [0.15, 0.2) is 18.9 Å². The van der Waals surface area contributed by atoms with E-state index >= 15 is 0 Å². The number of hydrogen-bond acceptors (Lipinski definition) is 7. The van der Waals surface area contributed by atoms with Crippen LogP contribution in [-0.2, 0) is 20.9 Å². The number of H-pyrrole nitrogens is 1. The van der Waals surface area contributed by atoms with Crippen molar-refractivity contribution in [3.05, 3.63) is 85.5 Å². The molecule has 0 saturated heterocycles. The monoisotopic (exact) mass is 528 g/mol. The Hall–Kier alpha value is -4.05. The first kappa shape index (κ1) is 27.5. The van der Waals surface area contributed by atoms with E-state index < -0.39 is 36.3 Å². The number of aromatic nitrogens is 2. The van der Waals surface area contributed by atoms with E-state index in [-0.39, 0.29) is 30.5 Å². The number of nitrogen functional groups attached to an aromatic ring is 1. The smallest absolute Gasteiger partial charge is 0.344 e. The van der Waals surface area contributed by atoms with Crippen molar-refractivity contribution in [2.24, 2.45) is 5.92 Å². The van der Waals surface area contributed by atoms with Gasteiger partial charge in [0, 0.05) is 11.6 Å². The molecule has 3 rings (SSSR count). The van der Waals surface area contributed by atoms with E-state index in [1.54, 1.807) is 37.3 Å². The zero-order valence-corrected chi connectivity index (χ0v) is 21.6. The number of halogens is 1. The molecule has 0 radical (unpaired) electrons. The number of benzene rings is 2. The number of amides is 1. The van der Waals surface area contributed by atoms with Crippen LogP contribution >= 0.6 is 11.6 Å². The first-order valence-electron chi connectivity index (χ1n) is 11.6. The van der Waals surface area contributed by atoms with Crippen LogP contribution in [0.2, 0.25) is 5.02 Å². The minimum absolute atomic E-state index is 0.0656. The van der Waals surface area contributed by atoms with E-state index in [2.05, 4.69) is 4.98 Å². The van der Waals surface area contributed by atoms with Crippen molar-refractivity contribution in [2.45, 2.75) is 27.3 Å². The van der Waals surface area contributed by atoms with Crippen LogP contribution in [0.1, 0.15) is 25.0 Å². The third-order valence-electron chi connectivity index (χ3n) is 5.36. The fourth-order valence-electron chi connectivity index (χ4n) is 3.62. The molecule has 0 atom stereocenters. The molecule has 3 N–H and O–H groups in total. The fraction of sp³-hybridized carbons (Fsp3) is 0.308. The summed E-state index contributed by atoms with van der Waals surface area (Å²) in [5.74, 6) is -1.23. The average Bonchev–Trinajstić information content (AvgIpc) is 2.84. The molecule has 1 amide bonds. The summed E-state index contributed by atoms with van der Waals surface area (Å²) in [6.45, 7) is 4.59. The van der Waals surface area contributed by atoms with Crippen molar-refractivity contribution in [3.63, 3.8) is 0 Å². The standard InChI is InChI=1S/C26H29ClN4O6/c1-16(2)12-30(21(32)14-37-22(33)15-36-20-10-9-19(27)11-17(20)3)23-24(28)31(26(35)29-25(23)34)13-18-7-5-4-6-8-18/h4-11,16H,12-15,28H2,1-3H3,(H,29,34,35). The second kappa shape index (κ2) is 12.3. The normalized spacial score (nSPS) is 10.8. The topological polar surface area (TPSA) is 137 Å². The Bertz CT molecular complexity index is 1380. The van der Waals surface area contributed by atoms with Gasteiger partial charge in [0.2, 0.25) is 0 Å².